The first-order valence-electron chi connectivity index (χ1n) is 20.8. The molecule has 2 aliphatic rings. The Bertz CT molecular complexity index is 3250. The molecule has 0 aromatic heterocycles. The van der Waals surface area contributed by atoms with Crippen LogP contribution in [0.25, 0.3) is 66.4 Å². The van der Waals surface area contributed by atoms with E-state index in [0.717, 1.165) is 17.1 Å². The molecule has 0 fully saturated rings. The van der Waals surface area contributed by atoms with Gasteiger partial charge in [0.25, 0.3) is 0 Å². The van der Waals surface area contributed by atoms with Crippen LogP contribution in [0.5, 0.6) is 0 Å². The summed E-state index contributed by atoms with van der Waals surface area (Å²) in [7, 11) is 0. The summed E-state index contributed by atoms with van der Waals surface area (Å²) in [5.41, 5.74) is 20.6. The van der Waals surface area contributed by atoms with E-state index in [1.807, 2.05) is 0 Å². The molecule has 0 bridgehead atoms. The molecule has 0 saturated heterocycles. The lowest BCUT2D eigenvalue weighted by atomic mass is 9.70. The van der Waals surface area contributed by atoms with E-state index in [0.29, 0.717) is 0 Å². The molecule has 1 atom stereocenters. The van der Waals surface area contributed by atoms with Gasteiger partial charge < -0.3 is 4.90 Å². The average molecular weight is 762 g/mol. The molecule has 2 aliphatic carbocycles. The Morgan fingerprint density at radius 3 is 1.47 bits per heavy atom. The number of nitrogens with zero attached hydrogens (tertiary/aromatic N) is 1. The molecule has 0 radical (unpaired) electrons. The van der Waals surface area contributed by atoms with Crippen LogP contribution in [0.4, 0.5) is 17.1 Å². The molecule has 60 heavy (non-hydrogen) atoms. The maximum absolute atomic E-state index is 2.50. The van der Waals surface area contributed by atoms with Crippen LogP contribution in [0.15, 0.2) is 237 Å². The van der Waals surface area contributed by atoms with Gasteiger partial charge in [-0.3, -0.25) is 0 Å². The highest BCUT2D eigenvalue weighted by Gasteiger charge is 2.53. The summed E-state index contributed by atoms with van der Waals surface area (Å²) in [6, 6.07) is 87.3. The third-order valence-corrected chi connectivity index (χ3v) is 12.9. The van der Waals surface area contributed by atoms with Crippen LogP contribution in [0.1, 0.15) is 22.3 Å². The van der Waals surface area contributed by atoms with Crippen LogP contribution in [-0.4, -0.2) is 0 Å². The highest BCUT2D eigenvalue weighted by atomic mass is 15.1. The molecule has 10 aromatic carbocycles. The van der Waals surface area contributed by atoms with E-state index in [1.165, 1.54) is 88.7 Å². The normalized spacial score (nSPS) is 14.4. The third-order valence-electron chi connectivity index (χ3n) is 12.9. The van der Waals surface area contributed by atoms with Crippen LogP contribution < -0.4 is 4.90 Å². The Hall–Kier alpha value is -7.74. The molecule has 0 amide bonds. The molecular weight excluding hydrogens is 723 g/mol. The van der Waals surface area contributed by atoms with Crippen LogP contribution in [-0.2, 0) is 5.41 Å². The smallest absolute Gasteiger partial charge is 0.0726 e. The van der Waals surface area contributed by atoms with Gasteiger partial charge in [0, 0.05) is 16.8 Å². The fourth-order valence-electron chi connectivity index (χ4n) is 10.4. The van der Waals surface area contributed by atoms with Crippen molar-refractivity contribution >= 4 is 27.8 Å². The van der Waals surface area contributed by atoms with E-state index in [4.69, 9.17) is 0 Å². The van der Waals surface area contributed by atoms with Crippen molar-refractivity contribution in [2.24, 2.45) is 0 Å². The van der Waals surface area contributed by atoms with E-state index >= 15 is 0 Å². The molecule has 1 heteroatoms. The maximum atomic E-state index is 2.50. The Labute approximate surface area is 351 Å². The van der Waals surface area contributed by atoms with E-state index in [9.17, 15) is 0 Å². The Balaban J connectivity index is 1.12. The van der Waals surface area contributed by atoms with E-state index in [2.05, 4.69) is 241 Å². The molecule has 280 valence electrons. The van der Waals surface area contributed by atoms with Gasteiger partial charge in [0.1, 0.15) is 0 Å². The van der Waals surface area contributed by atoms with Crippen molar-refractivity contribution in [1.29, 1.82) is 0 Å². The van der Waals surface area contributed by atoms with Crippen molar-refractivity contribution in [3.63, 3.8) is 0 Å². The molecule has 0 heterocycles. The zero-order valence-corrected chi connectivity index (χ0v) is 33.0. The lowest BCUT2D eigenvalue weighted by Crippen LogP contribution is -2.26. The van der Waals surface area contributed by atoms with Crippen LogP contribution >= 0.6 is 0 Å². The number of hydrogen-bond acceptors (Lipinski definition) is 1. The van der Waals surface area contributed by atoms with Crippen LogP contribution in [0, 0.1) is 0 Å². The highest BCUT2D eigenvalue weighted by molar-refractivity contribution is 6.04. The topological polar surface area (TPSA) is 3.24 Å². The predicted molar refractivity (Wildman–Crippen MR) is 251 cm³/mol. The standard InChI is InChI=1S/C59H39N/c1-3-18-42(19-4-1)47-23-11-14-31-55(47)60(46-37-35-41(36-38-46)45-34-33-40-17-7-8-22-44(40)39-45)56-32-16-30-54-58(56)50-25-10-13-28-52(50)59(54)51-27-12-9-24-49(51)57-48(26-15-29-53(57)59)43-20-5-2-6-21-43/h1-39H. The second kappa shape index (κ2) is 13.7. The Kier molecular flexibility index (Phi) is 7.83. The number of hydrogen-bond donors (Lipinski definition) is 0. The van der Waals surface area contributed by atoms with Crippen molar-refractivity contribution < 1.29 is 0 Å². The highest BCUT2D eigenvalue weighted by Crippen LogP contribution is 2.66. The fourth-order valence-corrected chi connectivity index (χ4v) is 10.4. The number of anilines is 3. The summed E-state index contributed by atoms with van der Waals surface area (Å²) in [5, 5.41) is 2.50. The summed E-state index contributed by atoms with van der Waals surface area (Å²) in [6.45, 7) is 0. The zero-order valence-electron chi connectivity index (χ0n) is 33.0. The van der Waals surface area contributed by atoms with Gasteiger partial charge in [0.15, 0.2) is 0 Å². The van der Waals surface area contributed by atoms with Gasteiger partial charge >= 0.3 is 0 Å². The number of benzene rings is 10. The van der Waals surface area contributed by atoms with Gasteiger partial charge in [-0.25, -0.2) is 0 Å². The third kappa shape index (κ3) is 5.06. The van der Waals surface area contributed by atoms with Crippen molar-refractivity contribution in [3.05, 3.63) is 259 Å². The second-order valence-corrected chi connectivity index (χ2v) is 16.0. The van der Waals surface area contributed by atoms with Gasteiger partial charge in [-0.1, -0.05) is 206 Å². The number of fused-ring (bicyclic) bond motifs is 11. The first-order chi connectivity index (χ1) is 29.8. The van der Waals surface area contributed by atoms with Gasteiger partial charge in [-0.2, -0.15) is 0 Å². The first kappa shape index (κ1) is 34.3. The van der Waals surface area contributed by atoms with E-state index in [1.54, 1.807) is 0 Å². The molecule has 10 aromatic rings. The van der Waals surface area contributed by atoms with Gasteiger partial charge in [-0.05, 0) is 108 Å². The molecule has 1 unspecified atom stereocenters. The SMILES string of the molecule is c1ccc(-c2ccccc2N(c2ccc(-c3ccc4ccccc4c3)cc2)c2cccc3c2-c2ccccc2C32c3ccccc3-c3c(-c4ccccc4)cccc32)cc1. The maximum Gasteiger partial charge on any atom is 0.0726 e. The Morgan fingerprint density at radius 2 is 0.750 bits per heavy atom. The molecule has 0 aliphatic heterocycles. The number of rotatable bonds is 6. The van der Waals surface area contributed by atoms with Crippen molar-refractivity contribution in [3.8, 4) is 55.6 Å². The minimum absolute atomic E-state index is 0.497. The van der Waals surface area contributed by atoms with Crippen molar-refractivity contribution in [2.45, 2.75) is 5.41 Å². The summed E-state index contributed by atoms with van der Waals surface area (Å²) < 4.78 is 0. The monoisotopic (exact) mass is 761 g/mol. The summed E-state index contributed by atoms with van der Waals surface area (Å²) in [4.78, 5) is 2.50. The van der Waals surface area contributed by atoms with E-state index < -0.39 is 5.41 Å². The van der Waals surface area contributed by atoms with Crippen molar-refractivity contribution in [2.75, 3.05) is 4.90 Å². The van der Waals surface area contributed by atoms with Crippen molar-refractivity contribution in [1.82, 2.24) is 0 Å². The lowest BCUT2D eigenvalue weighted by molar-refractivity contribution is 0.794. The fraction of sp³-hybridized carbons (Fsp3) is 0.0169. The quantitative estimate of drug-likeness (QED) is 0.163. The minimum Gasteiger partial charge on any atom is -0.309 e. The zero-order chi connectivity index (χ0) is 39.6. The minimum atomic E-state index is -0.497. The molecule has 1 spiro atoms. The molecular formula is C59H39N. The summed E-state index contributed by atoms with van der Waals surface area (Å²) in [5.74, 6) is 0. The lowest BCUT2D eigenvalue weighted by Gasteiger charge is -2.32. The van der Waals surface area contributed by atoms with Gasteiger partial charge in [0.05, 0.1) is 16.8 Å². The number of para-hydroxylation sites is 1. The van der Waals surface area contributed by atoms with E-state index in [-0.39, 0.29) is 0 Å². The predicted octanol–water partition coefficient (Wildman–Crippen LogP) is 15.7. The van der Waals surface area contributed by atoms with Gasteiger partial charge in [0.2, 0.25) is 0 Å². The first-order valence-corrected chi connectivity index (χ1v) is 20.8. The van der Waals surface area contributed by atoms with Gasteiger partial charge in [-0.15, -0.1) is 0 Å². The molecule has 0 N–H and O–H groups in total. The van der Waals surface area contributed by atoms with Crippen LogP contribution in [0.2, 0.25) is 0 Å². The summed E-state index contributed by atoms with van der Waals surface area (Å²) in [6.07, 6.45) is 0. The molecule has 12 rings (SSSR count). The largest absolute Gasteiger partial charge is 0.309 e. The molecule has 0 saturated carbocycles. The molecule has 1 nitrogen and oxygen atoms in total. The average Bonchev–Trinajstić information content (AvgIpc) is 3.80. The van der Waals surface area contributed by atoms with Crippen LogP contribution in [0.3, 0.4) is 0 Å². The second-order valence-electron chi connectivity index (χ2n) is 16.0. The Morgan fingerprint density at radius 1 is 0.267 bits per heavy atom. The summed E-state index contributed by atoms with van der Waals surface area (Å²) >= 11 is 0.